The molecule has 1 N–H and O–H groups in total. The Bertz CT molecular complexity index is 1060. The van der Waals surface area contributed by atoms with Gasteiger partial charge in [0.15, 0.2) is 0 Å². The van der Waals surface area contributed by atoms with Gasteiger partial charge in [-0.3, -0.25) is 0 Å². The topological polar surface area (TPSA) is 41.9 Å². The lowest BCUT2D eigenvalue weighted by Gasteiger charge is -2.25. The molecule has 1 heterocycles. The summed E-state index contributed by atoms with van der Waals surface area (Å²) in [4.78, 5) is 3.27. The van der Waals surface area contributed by atoms with Crippen molar-refractivity contribution in [3.63, 3.8) is 0 Å². The minimum Gasteiger partial charge on any atom is -0.497 e. The highest BCUT2D eigenvalue weighted by molar-refractivity contribution is 7.99. The summed E-state index contributed by atoms with van der Waals surface area (Å²) in [5.74, 6) is 0.367. The van der Waals surface area contributed by atoms with E-state index < -0.39 is 11.6 Å². The van der Waals surface area contributed by atoms with Crippen LogP contribution in [0.25, 0.3) is 0 Å². The summed E-state index contributed by atoms with van der Waals surface area (Å²) >= 11 is 1.58. The zero-order valence-corrected chi connectivity index (χ0v) is 18.6. The molecular weight excluding hydrogens is 432 g/mol. The lowest BCUT2D eigenvalue weighted by Crippen LogP contribution is -2.24. The predicted molar refractivity (Wildman–Crippen MR) is 123 cm³/mol. The van der Waals surface area contributed by atoms with Crippen molar-refractivity contribution in [3.05, 3.63) is 83.4 Å². The number of nitrogens with zero attached hydrogens (tertiary/aromatic N) is 1. The Balaban J connectivity index is 1.60. The summed E-state index contributed by atoms with van der Waals surface area (Å²) in [6, 6.07) is 17.5. The summed E-state index contributed by atoms with van der Waals surface area (Å²) in [6.45, 7) is 1.64. The van der Waals surface area contributed by atoms with Gasteiger partial charge in [0.1, 0.15) is 29.7 Å². The molecule has 7 heteroatoms. The first kappa shape index (κ1) is 22.4. The zero-order chi connectivity index (χ0) is 22.5. The fourth-order valence-electron chi connectivity index (χ4n) is 3.80. The first-order valence-electron chi connectivity index (χ1n) is 10.4. The Morgan fingerprint density at radius 2 is 1.81 bits per heavy atom. The molecule has 3 aromatic carbocycles. The molecule has 3 aromatic rings. The number of methoxy groups -OCH3 is 1. The molecule has 0 spiro atoms. The Morgan fingerprint density at radius 3 is 2.53 bits per heavy atom. The summed E-state index contributed by atoms with van der Waals surface area (Å²) in [7, 11) is 1.62. The van der Waals surface area contributed by atoms with Crippen LogP contribution in [0.2, 0.25) is 0 Å². The fourth-order valence-corrected chi connectivity index (χ4v) is 5.15. The molecule has 32 heavy (non-hydrogen) atoms. The molecule has 168 valence electrons. The Kier molecular flexibility index (Phi) is 7.17. The number of hydrogen-bond acceptors (Lipinski definition) is 5. The van der Waals surface area contributed by atoms with Crippen molar-refractivity contribution >= 4 is 17.4 Å². The summed E-state index contributed by atoms with van der Waals surface area (Å²) in [5, 5.41) is 8.77. The molecule has 0 unspecified atom stereocenters. The van der Waals surface area contributed by atoms with Crippen molar-refractivity contribution in [1.82, 2.24) is 0 Å². The van der Waals surface area contributed by atoms with Gasteiger partial charge in [0, 0.05) is 34.9 Å². The van der Waals surface area contributed by atoms with Gasteiger partial charge < -0.3 is 19.5 Å². The molecule has 1 atom stereocenters. The second kappa shape index (κ2) is 10.2. The molecule has 0 aromatic heterocycles. The average molecular weight is 458 g/mol. The van der Waals surface area contributed by atoms with Crippen LogP contribution in [-0.2, 0) is 6.54 Å². The molecule has 1 aliphatic heterocycles. The Hall–Kier alpha value is -2.77. The van der Waals surface area contributed by atoms with Gasteiger partial charge in [-0.15, -0.1) is 11.8 Å². The van der Waals surface area contributed by atoms with Crippen molar-refractivity contribution < 1.29 is 23.4 Å². The standard InChI is InChI=1S/C25H25F2NO3S/c1-30-20-7-9-23-25(15-20)32-24(21-8-4-18(26)14-22(21)27)10-11-28(23)16-17-2-5-19(6-3-17)31-13-12-29/h2-9,14-15,24,29H,10-13,16H2,1H3/t24-/m0/s1. The van der Waals surface area contributed by atoms with E-state index in [1.54, 1.807) is 24.9 Å². The van der Waals surface area contributed by atoms with E-state index in [4.69, 9.17) is 14.6 Å². The maximum Gasteiger partial charge on any atom is 0.130 e. The number of benzene rings is 3. The smallest absolute Gasteiger partial charge is 0.130 e. The van der Waals surface area contributed by atoms with Crippen LogP contribution in [0.15, 0.2) is 65.6 Å². The molecule has 0 aliphatic carbocycles. The molecule has 0 bridgehead atoms. The van der Waals surface area contributed by atoms with E-state index in [1.807, 2.05) is 42.5 Å². The lowest BCUT2D eigenvalue weighted by atomic mass is 10.1. The quantitative estimate of drug-likeness (QED) is 0.501. The Morgan fingerprint density at radius 1 is 1.03 bits per heavy atom. The molecule has 1 aliphatic rings. The molecule has 0 fully saturated rings. The third-order valence-corrected chi connectivity index (χ3v) is 6.76. The second-order valence-corrected chi connectivity index (χ2v) is 8.78. The van der Waals surface area contributed by atoms with Gasteiger partial charge in [-0.1, -0.05) is 18.2 Å². The molecule has 0 amide bonds. The number of hydrogen-bond donors (Lipinski definition) is 1. The number of aliphatic hydroxyl groups excluding tert-OH is 1. The highest BCUT2D eigenvalue weighted by Gasteiger charge is 2.26. The maximum absolute atomic E-state index is 14.5. The van der Waals surface area contributed by atoms with Gasteiger partial charge in [0.25, 0.3) is 0 Å². The summed E-state index contributed by atoms with van der Waals surface area (Å²) in [5.41, 5.74) is 2.68. The second-order valence-electron chi connectivity index (χ2n) is 7.53. The number of aliphatic hydroxyl groups is 1. The van der Waals surface area contributed by atoms with E-state index >= 15 is 0 Å². The van der Waals surface area contributed by atoms with E-state index in [-0.39, 0.29) is 18.5 Å². The number of thioether (sulfide) groups is 1. The maximum atomic E-state index is 14.5. The monoisotopic (exact) mass is 457 g/mol. The zero-order valence-electron chi connectivity index (χ0n) is 17.8. The number of ether oxygens (including phenoxy) is 2. The molecule has 4 nitrogen and oxygen atoms in total. The van der Waals surface area contributed by atoms with E-state index in [2.05, 4.69) is 4.90 Å². The minimum absolute atomic E-state index is 0.0245. The summed E-state index contributed by atoms with van der Waals surface area (Å²) < 4.78 is 38.8. The van der Waals surface area contributed by atoms with Crippen LogP contribution < -0.4 is 14.4 Å². The van der Waals surface area contributed by atoms with Crippen molar-refractivity contribution in [1.29, 1.82) is 0 Å². The Labute approximate surface area is 190 Å². The summed E-state index contributed by atoms with van der Waals surface area (Å²) in [6.07, 6.45) is 0.710. The molecule has 0 saturated heterocycles. The van der Waals surface area contributed by atoms with Crippen LogP contribution in [-0.4, -0.2) is 32.0 Å². The number of rotatable bonds is 7. The van der Waals surface area contributed by atoms with Gasteiger partial charge in [0.05, 0.1) is 19.4 Å². The number of fused-ring (bicyclic) bond motifs is 1. The predicted octanol–water partition coefficient (Wildman–Crippen LogP) is 5.59. The van der Waals surface area contributed by atoms with Crippen molar-refractivity contribution in [2.45, 2.75) is 23.1 Å². The molecule has 0 saturated carbocycles. The minimum atomic E-state index is -0.569. The highest BCUT2D eigenvalue weighted by Crippen LogP contribution is 2.47. The van der Waals surface area contributed by atoms with Crippen LogP contribution in [0.1, 0.15) is 22.8 Å². The van der Waals surface area contributed by atoms with Crippen LogP contribution in [0.3, 0.4) is 0 Å². The van der Waals surface area contributed by atoms with Crippen molar-refractivity contribution in [3.8, 4) is 11.5 Å². The molecule has 4 rings (SSSR count). The average Bonchev–Trinajstić information content (AvgIpc) is 2.97. The third-order valence-electron chi connectivity index (χ3n) is 5.40. The normalized spacial score (nSPS) is 15.8. The van der Waals surface area contributed by atoms with Gasteiger partial charge in [-0.25, -0.2) is 8.78 Å². The van der Waals surface area contributed by atoms with Gasteiger partial charge in [0.2, 0.25) is 0 Å². The first-order chi connectivity index (χ1) is 15.6. The first-order valence-corrected chi connectivity index (χ1v) is 11.3. The van der Waals surface area contributed by atoms with E-state index in [0.29, 0.717) is 24.3 Å². The van der Waals surface area contributed by atoms with Crippen LogP contribution in [0.4, 0.5) is 14.5 Å². The van der Waals surface area contributed by atoms with E-state index in [0.717, 1.165) is 34.5 Å². The van der Waals surface area contributed by atoms with Gasteiger partial charge in [-0.05, 0) is 48.4 Å². The van der Waals surface area contributed by atoms with Crippen LogP contribution in [0, 0.1) is 11.6 Å². The van der Waals surface area contributed by atoms with Crippen molar-refractivity contribution in [2.75, 3.05) is 31.8 Å². The number of halogens is 2. The number of anilines is 1. The highest BCUT2D eigenvalue weighted by atomic mass is 32.2. The van der Waals surface area contributed by atoms with Crippen molar-refractivity contribution in [2.24, 2.45) is 0 Å². The van der Waals surface area contributed by atoms with E-state index in [1.165, 1.54) is 6.07 Å². The van der Waals surface area contributed by atoms with Crippen LogP contribution >= 0.6 is 11.8 Å². The van der Waals surface area contributed by atoms with Gasteiger partial charge in [-0.2, -0.15) is 0 Å². The third kappa shape index (κ3) is 5.16. The largest absolute Gasteiger partial charge is 0.497 e. The van der Waals surface area contributed by atoms with Gasteiger partial charge >= 0.3 is 0 Å². The molecule has 0 radical (unpaired) electrons. The van der Waals surface area contributed by atoms with E-state index in [9.17, 15) is 8.78 Å². The molecular formula is C25H25F2NO3S. The SMILES string of the molecule is COc1ccc2c(c1)S[C@H](c1ccc(F)cc1F)CCN2Cc1ccc(OCCO)cc1. The lowest BCUT2D eigenvalue weighted by molar-refractivity contribution is 0.201. The fraction of sp³-hybridized carbons (Fsp3) is 0.280. The van der Waals surface area contributed by atoms with Crippen LogP contribution in [0.5, 0.6) is 11.5 Å².